The minimum absolute atomic E-state index is 0.0101. The highest BCUT2D eigenvalue weighted by Crippen LogP contribution is 2.29. The van der Waals surface area contributed by atoms with Crippen LogP contribution in [0.1, 0.15) is 37.0 Å². The van der Waals surface area contributed by atoms with Crippen LogP contribution in [0, 0.1) is 5.82 Å². The second kappa shape index (κ2) is 6.30. The van der Waals surface area contributed by atoms with E-state index in [1.165, 1.54) is 13.2 Å². The number of nitrogen functional groups attached to an aromatic ring is 1. The first kappa shape index (κ1) is 15.6. The van der Waals surface area contributed by atoms with E-state index in [1.807, 2.05) is 13.8 Å². The summed E-state index contributed by atoms with van der Waals surface area (Å²) in [5.41, 5.74) is 5.75. The predicted octanol–water partition coefficient (Wildman–Crippen LogP) is 2.53. The van der Waals surface area contributed by atoms with Gasteiger partial charge in [0, 0.05) is 24.6 Å². The molecular weight excluding hydrogens is 277 g/mol. The Morgan fingerprint density at radius 1 is 1.33 bits per heavy atom. The Bertz CT molecular complexity index is 525. The van der Waals surface area contributed by atoms with E-state index < -0.39 is 11.8 Å². The molecule has 1 aromatic carbocycles. The lowest BCUT2D eigenvalue weighted by molar-refractivity contribution is -0.0728. The Morgan fingerprint density at radius 2 is 1.95 bits per heavy atom. The molecule has 0 saturated carbocycles. The number of carbonyl (C=O) groups is 1. The number of nitrogens with two attached hydrogens (primary N) is 1. The van der Waals surface area contributed by atoms with E-state index in [9.17, 15) is 9.18 Å². The third-order valence-electron chi connectivity index (χ3n) is 3.46. The molecule has 0 aromatic heterocycles. The van der Waals surface area contributed by atoms with Crippen LogP contribution in [0.4, 0.5) is 10.1 Å². The van der Waals surface area contributed by atoms with Gasteiger partial charge in [0.2, 0.25) is 0 Å². The highest BCUT2D eigenvalue weighted by Gasteiger charge is 2.27. The number of esters is 1. The number of ether oxygens (including phenoxy) is 3. The van der Waals surface area contributed by atoms with Crippen molar-refractivity contribution >= 4 is 11.7 Å². The number of hydrogen-bond donors (Lipinski definition) is 1. The van der Waals surface area contributed by atoms with E-state index in [0.717, 1.165) is 6.07 Å². The van der Waals surface area contributed by atoms with Crippen LogP contribution in [0.5, 0.6) is 5.75 Å². The van der Waals surface area contributed by atoms with Crippen molar-refractivity contribution < 1.29 is 23.4 Å². The minimum Gasteiger partial charge on any atom is -0.487 e. The maximum absolute atomic E-state index is 14.0. The van der Waals surface area contributed by atoms with Crippen LogP contribution >= 0.6 is 0 Å². The zero-order valence-electron chi connectivity index (χ0n) is 12.4. The molecule has 0 aliphatic carbocycles. The first-order valence-corrected chi connectivity index (χ1v) is 6.90. The van der Waals surface area contributed by atoms with E-state index in [2.05, 4.69) is 4.74 Å². The molecule has 116 valence electrons. The van der Waals surface area contributed by atoms with Gasteiger partial charge in [0.05, 0.1) is 24.9 Å². The number of carbonyl (C=O) groups excluding carboxylic acids is 1. The van der Waals surface area contributed by atoms with Gasteiger partial charge in [-0.1, -0.05) is 0 Å². The van der Waals surface area contributed by atoms with Crippen LogP contribution in [0.2, 0.25) is 0 Å². The predicted molar refractivity (Wildman–Crippen MR) is 75.8 cm³/mol. The van der Waals surface area contributed by atoms with Crippen molar-refractivity contribution in [2.75, 3.05) is 12.8 Å². The minimum atomic E-state index is -0.619. The van der Waals surface area contributed by atoms with Crippen LogP contribution in [0.3, 0.4) is 0 Å². The molecule has 2 unspecified atom stereocenters. The Labute approximate surface area is 123 Å². The maximum Gasteiger partial charge on any atom is 0.340 e. The summed E-state index contributed by atoms with van der Waals surface area (Å²) < 4.78 is 29.9. The smallest absolute Gasteiger partial charge is 0.340 e. The highest BCUT2D eigenvalue weighted by molar-refractivity contribution is 5.95. The number of halogens is 1. The van der Waals surface area contributed by atoms with Crippen LogP contribution in [0.25, 0.3) is 0 Å². The molecule has 1 saturated heterocycles. The van der Waals surface area contributed by atoms with Gasteiger partial charge in [-0.05, 0) is 19.9 Å². The fraction of sp³-hybridized carbons (Fsp3) is 0.533. The summed E-state index contributed by atoms with van der Waals surface area (Å²) in [5, 5.41) is 0. The molecule has 1 aromatic rings. The Balaban J connectivity index is 2.21. The molecule has 1 aliphatic rings. The van der Waals surface area contributed by atoms with Gasteiger partial charge in [-0.15, -0.1) is 0 Å². The van der Waals surface area contributed by atoms with E-state index in [1.54, 1.807) is 0 Å². The van der Waals surface area contributed by atoms with Crippen molar-refractivity contribution in [2.24, 2.45) is 0 Å². The molecule has 5 nitrogen and oxygen atoms in total. The topological polar surface area (TPSA) is 70.8 Å². The molecule has 2 atom stereocenters. The zero-order chi connectivity index (χ0) is 15.6. The largest absolute Gasteiger partial charge is 0.487 e. The SMILES string of the molecule is COC(=O)c1cc(OC2CC(C)OC(C)C2)c(F)cc1N. The summed E-state index contributed by atoms with van der Waals surface area (Å²) in [6.45, 7) is 3.90. The third kappa shape index (κ3) is 3.64. The molecule has 1 heterocycles. The van der Waals surface area contributed by atoms with Gasteiger partial charge in [-0.2, -0.15) is 0 Å². The van der Waals surface area contributed by atoms with Crippen molar-refractivity contribution in [3.63, 3.8) is 0 Å². The third-order valence-corrected chi connectivity index (χ3v) is 3.46. The van der Waals surface area contributed by atoms with Crippen molar-refractivity contribution in [1.82, 2.24) is 0 Å². The second-order valence-electron chi connectivity index (χ2n) is 5.33. The first-order chi connectivity index (χ1) is 9.90. The lowest BCUT2D eigenvalue weighted by Gasteiger charge is -2.32. The fourth-order valence-corrected chi connectivity index (χ4v) is 2.57. The number of anilines is 1. The van der Waals surface area contributed by atoms with Crippen molar-refractivity contribution in [3.05, 3.63) is 23.5 Å². The van der Waals surface area contributed by atoms with E-state index in [-0.39, 0.29) is 35.3 Å². The Hall–Kier alpha value is -1.82. The normalized spacial score (nSPS) is 25.4. The Morgan fingerprint density at radius 3 is 2.52 bits per heavy atom. The zero-order valence-corrected chi connectivity index (χ0v) is 12.4. The fourth-order valence-electron chi connectivity index (χ4n) is 2.57. The molecule has 0 bridgehead atoms. The molecule has 1 fully saturated rings. The van der Waals surface area contributed by atoms with Crippen LogP contribution in [0.15, 0.2) is 12.1 Å². The molecule has 0 amide bonds. The molecule has 1 aliphatic heterocycles. The van der Waals surface area contributed by atoms with Gasteiger partial charge in [-0.25, -0.2) is 9.18 Å². The average Bonchev–Trinajstić information content (AvgIpc) is 2.40. The number of rotatable bonds is 3. The summed E-state index contributed by atoms with van der Waals surface area (Å²) >= 11 is 0. The van der Waals surface area contributed by atoms with E-state index in [4.69, 9.17) is 15.2 Å². The van der Waals surface area contributed by atoms with E-state index in [0.29, 0.717) is 12.8 Å². The molecule has 2 N–H and O–H groups in total. The number of methoxy groups -OCH3 is 1. The van der Waals surface area contributed by atoms with Gasteiger partial charge in [0.25, 0.3) is 0 Å². The summed E-state index contributed by atoms with van der Waals surface area (Å²) in [4.78, 5) is 11.6. The molecular formula is C15H20FNO4. The molecule has 0 spiro atoms. The summed E-state index contributed by atoms with van der Waals surface area (Å²) in [5.74, 6) is -1.20. The van der Waals surface area contributed by atoms with E-state index >= 15 is 0 Å². The summed E-state index contributed by atoms with van der Waals surface area (Å²) in [6.07, 6.45) is 1.28. The lowest BCUT2D eigenvalue weighted by atomic mass is 10.0. The average molecular weight is 297 g/mol. The molecule has 2 rings (SSSR count). The van der Waals surface area contributed by atoms with Crippen LogP contribution < -0.4 is 10.5 Å². The van der Waals surface area contributed by atoms with Crippen molar-refractivity contribution in [1.29, 1.82) is 0 Å². The molecule has 6 heteroatoms. The Kier molecular flexibility index (Phi) is 4.67. The molecule has 0 radical (unpaired) electrons. The van der Waals surface area contributed by atoms with Crippen LogP contribution in [-0.2, 0) is 9.47 Å². The van der Waals surface area contributed by atoms with Gasteiger partial charge < -0.3 is 19.9 Å². The second-order valence-corrected chi connectivity index (χ2v) is 5.33. The quantitative estimate of drug-likeness (QED) is 0.685. The van der Waals surface area contributed by atoms with Gasteiger partial charge in [0.1, 0.15) is 6.10 Å². The lowest BCUT2D eigenvalue weighted by Crippen LogP contribution is -2.35. The summed E-state index contributed by atoms with van der Waals surface area (Å²) in [7, 11) is 1.24. The van der Waals surface area contributed by atoms with Crippen molar-refractivity contribution in [2.45, 2.75) is 45.0 Å². The van der Waals surface area contributed by atoms with Gasteiger partial charge in [-0.3, -0.25) is 0 Å². The van der Waals surface area contributed by atoms with Gasteiger partial charge in [0.15, 0.2) is 11.6 Å². The van der Waals surface area contributed by atoms with Crippen LogP contribution in [-0.4, -0.2) is 31.4 Å². The summed E-state index contributed by atoms with van der Waals surface area (Å²) in [6, 6.07) is 2.37. The van der Waals surface area contributed by atoms with Gasteiger partial charge >= 0.3 is 5.97 Å². The first-order valence-electron chi connectivity index (χ1n) is 6.90. The standard InChI is InChI=1S/C15H20FNO4/c1-8-4-10(5-9(2)20-8)21-14-6-11(15(18)19-3)13(17)7-12(14)16/h6-10H,4-5,17H2,1-3H3. The highest BCUT2D eigenvalue weighted by atomic mass is 19.1. The van der Waals surface area contributed by atoms with Crippen molar-refractivity contribution in [3.8, 4) is 5.75 Å². The molecule has 21 heavy (non-hydrogen) atoms. The maximum atomic E-state index is 14.0. The number of hydrogen-bond acceptors (Lipinski definition) is 5. The number of benzene rings is 1. The monoisotopic (exact) mass is 297 g/mol.